The number of amides is 3. The minimum atomic E-state index is -1.07. The normalized spacial score (nSPS) is 14.2. The molecule has 15 nitrogen and oxygen atoms in total. The van der Waals surface area contributed by atoms with Crippen molar-refractivity contribution in [3.63, 3.8) is 0 Å². The Morgan fingerprint density at radius 3 is 2.49 bits per heavy atom. The van der Waals surface area contributed by atoms with Gasteiger partial charge in [-0.15, -0.1) is 0 Å². The zero-order valence-electron chi connectivity index (χ0n) is 24.9. The van der Waals surface area contributed by atoms with Crippen molar-refractivity contribution in [2.75, 3.05) is 20.3 Å². The number of para-hydroxylation sites is 1. The largest absolute Gasteiger partial charge is 0.505 e. The number of aromatic nitrogens is 1. The summed E-state index contributed by atoms with van der Waals surface area (Å²) in [7, 11) is 1.19. The van der Waals surface area contributed by atoms with E-state index >= 15 is 0 Å². The molecule has 2 heterocycles. The summed E-state index contributed by atoms with van der Waals surface area (Å²) >= 11 is 0. The third-order valence-electron chi connectivity index (χ3n) is 6.61. The number of rotatable bonds is 12. The molecule has 1 aliphatic rings. The molecule has 1 aliphatic heterocycles. The van der Waals surface area contributed by atoms with Crippen LogP contribution in [0.3, 0.4) is 0 Å². The summed E-state index contributed by atoms with van der Waals surface area (Å²) < 4.78 is 9.64. The van der Waals surface area contributed by atoms with Crippen LogP contribution in [0, 0.1) is 5.41 Å². The lowest BCUT2D eigenvalue weighted by Gasteiger charge is -2.17. The zero-order chi connectivity index (χ0) is 32.9. The number of hydrogen-bond acceptors (Lipinski definition) is 10. The molecule has 240 valence electrons. The first-order valence-corrected chi connectivity index (χ1v) is 14.1. The number of carbonyl (C=O) groups is 4. The van der Waals surface area contributed by atoms with E-state index in [1.165, 1.54) is 7.11 Å². The highest BCUT2D eigenvalue weighted by atomic mass is 16.6. The van der Waals surface area contributed by atoms with Gasteiger partial charge in [0.05, 0.1) is 25.8 Å². The minimum Gasteiger partial charge on any atom is -0.505 e. The molecule has 0 spiro atoms. The number of ether oxygens (including phenoxy) is 2. The van der Waals surface area contributed by atoms with Crippen molar-refractivity contribution in [1.29, 1.82) is 5.41 Å². The number of nitrogens with two attached hydrogens (primary N) is 2. The molecule has 3 aromatic rings. The Kier molecular flexibility index (Phi) is 12.3. The molecule has 0 aliphatic carbocycles. The second kappa shape index (κ2) is 16.3. The summed E-state index contributed by atoms with van der Waals surface area (Å²) in [6.45, 7) is 2.04. The number of oxime groups is 1. The molecule has 2 atom stereocenters. The molecule has 3 amide bonds. The van der Waals surface area contributed by atoms with E-state index in [0.29, 0.717) is 35.0 Å². The first-order chi connectivity index (χ1) is 21.5. The monoisotopic (exact) mass is 623 g/mol. The fourth-order valence-electron chi connectivity index (χ4n) is 4.18. The molecule has 15 heteroatoms. The van der Waals surface area contributed by atoms with Crippen molar-refractivity contribution < 1.29 is 38.6 Å². The number of aromatic hydroxyl groups is 1. The van der Waals surface area contributed by atoms with Crippen LogP contribution in [-0.2, 0) is 23.9 Å². The number of esters is 1. The molecule has 1 aromatic heterocycles. The molecule has 4 rings (SSSR count). The first kappa shape index (κ1) is 33.9. The van der Waals surface area contributed by atoms with Gasteiger partial charge in [0.25, 0.3) is 5.91 Å². The summed E-state index contributed by atoms with van der Waals surface area (Å²) in [6, 6.07) is 13.0. The number of methoxy groups -OCH3 is 1. The number of nitrogens with zero attached hydrogens (tertiary/aromatic N) is 1. The average Bonchev–Trinajstić information content (AvgIpc) is 3.63. The number of benzene rings is 2. The Morgan fingerprint density at radius 1 is 1.16 bits per heavy atom. The van der Waals surface area contributed by atoms with E-state index in [1.807, 2.05) is 13.0 Å². The number of alkyl carbamates (subject to hydrolysis) is 1. The number of hydrogen-bond donors (Lipinski definition) is 7. The van der Waals surface area contributed by atoms with Crippen molar-refractivity contribution in [2.24, 2.45) is 16.6 Å². The fraction of sp³-hybridized carbons (Fsp3) is 0.333. The first-order valence-electron chi connectivity index (χ1n) is 14.1. The highest BCUT2D eigenvalue weighted by Gasteiger charge is 2.27. The van der Waals surface area contributed by atoms with Gasteiger partial charge in [-0.1, -0.05) is 54.9 Å². The smallest absolute Gasteiger partial charge is 0.407 e. The molecule has 2 unspecified atom stereocenters. The SMILES string of the molecule is CCCCOC(=O)NC(CNC(=O)CC1CC(c2ccc(C(=N)N)cc2)=NO1)C(=O)OC.NC(=O)c1[nH]c2ccccc2c1O. The van der Waals surface area contributed by atoms with Crippen molar-refractivity contribution in [3.8, 4) is 5.75 Å². The van der Waals surface area contributed by atoms with Crippen LogP contribution in [0.1, 0.15) is 54.2 Å². The van der Waals surface area contributed by atoms with E-state index in [4.69, 9.17) is 26.5 Å². The van der Waals surface area contributed by atoms with E-state index in [2.05, 4.69) is 25.5 Å². The number of amidine groups is 1. The lowest BCUT2D eigenvalue weighted by atomic mass is 10.0. The summed E-state index contributed by atoms with van der Waals surface area (Å²) in [5.74, 6) is -1.83. The van der Waals surface area contributed by atoms with E-state index < -0.39 is 30.1 Å². The average molecular weight is 624 g/mol. The van der Waals surface area contributed by atoms with E-state index in [9.17, 15) is 24.3 Å². The number of nitrogen functional groups attached to an aromatic ring is 1. The predicted octanol–water partition coefficient (Wildman–Crippen LogP) is 2.01. The number of primary amides is 1. The van der Waals surface area contributed by atoms with Crippen molar-refractivity contribution in [1.82, 2.24) is 15.6 Å². The lowest BCUT2D eigenvalue weighted by molar-refractivity contribution is -0.143. The topological polar surface area (TPSA) is 244 Å². The number of nitrogens with one attached hydrogen (secondary N) is 4. The van der Waals surface area contributed by atoms with Crippen LogP contribution in [0.2, 0.25) is 0 Å². The molecule has 0 bridgehead atoms. The summed E-state index contributed by atoms with van der Waals surface area (Å²) in [4.78, 5) is 54.9. The molecule has 0 radical (unpaired) electrons. The summed E-state index contributed by atoms with van der Waals surface area (Å²) in [5, 5.41) is 26.6. The van der Waals surface area contributed by atoms with Crippen molar-refractivity contribution >= 4 is 46.3 Å². The van der Waals surface area contributed by atoms with Gasteiger partial charge in [-0.3, -0.25) is 15.0 Å². The highest BCUT2D eigenvalue weighted by Crippen LogP contribution is 2.27. The molecule has 45 heavy (non-hydrogen) atoms. The van der Waals surface area contributed by atoms with Gasteiger partial charge in [0.2, 0.25) is 5.91 Å². The maximum atomic E-state index is 12.3. The lowest BCUT2D eigenvalue weighted by Crippen LogP contribution is -2.49. The van der Waals surface area contributed by atoms with Crippen LogP contribution in [-0.4, -0.2) is 77.9 Å². The molecule has 0 saturated carbocycles. The fourth-order valence-corrected chi connectivity index (χ4v) is 4.18. The Balaban J connectivity index is 0.000000350. The van der Waals surface area contributed by atoms with Crippen molar-refractivity contribution in [3.05, 3.63) is 65.4 Å². The summed E-state index contributed by atoms with van der Waals surface area (Å²) in [5.41, 5.74) is 13.4. The maximum Gasteiger partial charge on any atom is 0.407 e. The predicted molar refractivity (Wildman–Crippen MR) is 165 cm³/mol. The van der Waals surface area contributed by atoms with Gasteiger partial charge in [-0.2, -0.15) is 0 Å². The molecule has 0 fully saturated rings. The Morgan fingerprint density at radius 2 is 1.87 bits per heavy atom. The van der Waals surface area contributed by atoms with Gasteiger partial charge in [-0.05, 0) is 24.1 Å². The molecule has 0 saturated heterocycles. The number of fused-ring (bicyclic) bond motifs is 1. The van der Waals surface area contributed by atoms with E-state index in [1.54, 1.807) is 42.5 Å². The van der Waals surface area contributed by atoms with Crippen LogP contribution in [0.5, 0.6) is 5.75 Å². The number of H-pyrrole nitrogens is 1. The van der Waals surface area contributed by atoms with Gasteiger partial charge in [0.15, 0.2) is 5.75 Å². The van der Waals surface area contributed by atoms with E-state index in [0.717, 1.165) is 12.0 Å². The number of aromatic amines is 1. The highest BCUT2D eigenvalue weighted by molar-refractivity contribution is 6.03. The maximum absolute atomic E-state index is 12.3. The van der Waals surface area contributed by atoms with Crippen LogP contribution in [0.4, 0.5) is 4.79 Å². The molecular weight excluding hydrogens is 586 g/mol. The van der Waals surface area contributed by atoms with Crippen LogP contribution in [0.25, 0.3) is 10.9 Å². The van der Waals surface area contributed by atoms with Gasteiger partial charge in [0.1, 0.15) is 23.7 Å². The van der Waals surface area contributed by atoms with Crippen LogP contribution in [0.15, 0.2) is 53.7 Å². The van der Waals surface area contributed by atoms with Crippen molar-refractivity contribution in [2.45, 2.75) is 44.8 Å². The molecular formula is C30H37N7O8. The Hall–Kier alpha value is -5.60. The number of carbonyl (C=O) groups excluding carboxylic acids is 4. The Labute approximate surface area is 258 Å². The second-order valence-corrected chi connectivity index (χ2v) is 9.94. The minimum absolute atomic E-state index is 0.0212. The quantitative estimate of drug-likeness (QED) is 0.0674. The van der Waals surface area contributed by atoms with Gasteiger partial charge in [-0.25, -0.2) is 9.59 Å². The number of unbranched alkanes of at least 4 members (excludes halogenated alkanes) is 1. The van der Waals surface area contributed by atoms with E-state index in [-0.39, 0.29) is 42.8 Å². The third kappa shape index (κ3) is 9.71. The van der Waals surface area contributed by atoms with Crippen LogP contribution < -0.4 is 22.1 Å². The zero-order valence-corrected chi connectivity index (χ0v) is 24.9. The molecule has 2 aromatic carbocycles. The summed E-state index contributed by atoms with van der Waals surface area (Å²) in [6.07, 6.45) is 0.807. The van der Waals surface area contributed by atoms with Crippen LogP contribution >= 0.6 is 0 Å². The molecule has 9 N–H and O–H groups in total. The second-order valence-electron chi connectivity index (χ2n) is 9.94. The third-order valence-corrected chi connectivity index (χ3v) is 6.61. The van der Waals surface area contributed by atoms with Gasteiger partial charge in [0, 0.05) is 29.4 Å². The Bertz CT molecular complexity index is 1550. The van der Waals surface area contributed by atoms with Gasteiger partial charge >= 0.3 is 12.1 Å². The standard InChI is InChI=1S/C21H29N5O6.C9H8N2O2/c1-3-4-9-31-21(29)25-17(20(28)30-2)12-24-18(27)11-15-10-16(26-32-15)13-5-7-14(8-6-13)19(22)23;10-9(13)7-8(12)5-3-1-2-4-6(5)11-7/h5-8,15,17H,3-4,9-12H2,1-2H3,(H3,22,23)(H,24,27)(H,25,29);1-4,11-12H,(H2,10,13). The van der Waals surface area contributed by atoms with Gasteiger partial charge < -0.3 is 46.5 Å².